The van der Waals surface area contributed by atoms with Crippen molar-refractivity contribution in [1.82, 2.24) is 14.9 Å². The molecule has 4 rings (SSSR count). The van der Waals surface area contributed by atoms with E-state index >= 15 is 0 Å². The van der Waals surface area contributed by atoms with Gasteiger partial charge in [0.2, 0.25) is 11.1 Å². The summed E-state index contributed by atoms with van der Waals surface area (Å²) in [5.41, 5.74) is 5.13. The minimum Gasteiger partial charge on any atom is -0.486 e. The average molecular weight is 518 g/mol. The van der Waals surface area contributed by atoms with Crippen LogP contribution in [0.1, 0.15) is 12.5 Å². The van der Waals surface area contributed by atoms with Crippen molar-refractivity contribution in [3.05, 3.63) is 52.5 Å². The number of nitrogens with zero attached hydrogens (tertiary/aromatic N) is 4. The Hall–Kier alpha value is -3.25. The van der Waals surface area contributed by atoms with Crippen molar-refractivity contribution in [3.8, 4) is 11.5 Å². The van der Waals surface area contributed by atoms with Crippen LogP contribution >= 0.6 is 27.7 Å². The van der Waals surface area contributed by atoms with Crippen molar-refractivity contribution >= 4 is 50.9 Å². The molecule has 2 aromatic carbocycles. The first-order chi connectivity index (χ1) is 15.5. The van der Waals surface area contributed by atoms with Gasteiger partial charge in [-0.2, -0.15) is 5.10 Å². The summed E-state index contributed by atoms with van der Waals surface area (Å²) in [6.07, 6.45) is 0. The largest absolute Gasteiger partial charge is 0.486 e. The van der Waals surface area contributed by atoms with Crippen LogP contribution in [0.25, 0.3) is 0 Å². The molecule has 0 fully saturated rings. The summed E-state index contributed by atoms with van der Waals surface area (Å²) in [7, 11) is 0. The van der Waals surface area contributed by atoms with E-state index in [4.69, 9.17) is 15.3 Å². The van der Waals surface area contributed by atoms with Crippen LogP contribution in [0.3, 0.4) is 0 Å². The first-order valence-corrected chi connectivity index (χ1v) is 11.4. The fourth-order valence-electron chi connectivity index (χ4n) is 2.79. The van der Waals surface area contributed by atoms with Crippen molar-refractivity contribution < 1.29 is 14.3 Å². The van der Waals surface area contributed by atoms with Crippen LogP contribution in [-0.4, -0.2) is 45.5 Å². The second-order valence-electron chi connectivity index (χ2n) is 6.69. The Kier molecular flexibility index (Phi) is 6.81. The first kappa shape index (κ1) is 22.0. The Bertz CT molecular complexity index is 1150. The number of carbonyl (C=O) groups is 1. The summed E-state index contributed by atoms with van der Waals surface area (Å²) in [6, 6.07) is 13.0. The quantitative estimate of drug-likeness (QED) is 0.188. The van der Waals surface area contributed by atoms with Crippen LogP contribution in [-0.2, 0) is 4.79 Å². The van der Waals surface area contributed by atoms with E-state index in [1.54, 1.807) is 18.2 Å². The number of rotatable bonds is 7. The molecule has 4 N–H and O–H groups in total. The number of nitrogens with one attached hydrogen (secondary N) is 2. The van der Waals surface area contributed by atoms with Crippen molar-refractivity contribution in [3.63, 3.8) is 0 Å². The van der Waals surface area contributed by atoms with Crippen LogP contribution in [0.5, 0.6) is 11.5 Å². The van der Waals surface area contributed by atoms with Gasteiger partial charge < -0.3 is 20.6 Å². The fraction of sp³-hybridized carbons (Fsp3) is 0.200. The molecule has 1 aromatic heterocycles. The van der Waals surface area contributed by atoms with Gasteiger partial charge in [-0.1, -0.05) is 39.8 Å². The van der Waals surface area contributed by atoms with Gasteiger partial charge in [-0.05, 0) is 36.8 Å². The maximum atomic E-state index is 12.3. The number of hydrogen-bond acceptors (Lipinski definition) is 9. The molecule has 1 aliphatic heterocycles. The van der Waals surface area contributed by atoms with Crippen LogP contribution in [0.4, 0.5) is 11.6 Å². The molecule has 0 unspecified atom stereocenters. The highest BCUT2D eigenvalue weighted by Gasteiger charge is 2.15. The SMILES string of the molecule is C/C(=N\Nc1nnc(SCC(=O)Nc2ccc3c(c2)OCCO3)n1N)c1ccc(Br)cc1. The maximum Gasteiger partial charge on any atom is 0.264 e. The number of aromatic nitrogens is 3. The van der Waals surface area contributed by atoms with Crippen molar-refractivity contribution in [2.75, 3.05) is 35.6 Å². The van der Waals surface area contributed by atoms with Crippen LogP contribution < -0.4 is 26.1 Å². The molecule has 0 saturated carbocycles. The Morgan fingerprint density at radius 1 is 1.19 bits per heavy atom. The number of hydrazone groups is 1. The minimum atomic E-state index is -0.215. The lowest BCUT2D eigenvalue weighted by Crippen LogP contribution is -2.18. The highest BCUT2D eigenvalue weighted by atomic mass is 79.9. The van der Waals surface area contributed by atoms with Gasteiger partial charge in [0, 0.05) is 16.2 Å². The van der Waals surface area contributed by atoms with E-state index in [0.717, 1.165) is 27.5 Å². The number of thioether (sulfide) groups is 1. The normalized spacial score (nSPS) is 13.0. The van der Waals surface area contributed by atoms with E-state index in [2.05, 4.69) is 42.0 Å². The Morgan fingerprint density at radius 2 is 1.94 bits per heavy atom. The van der Waals surface area contributed by atoms with Gasteiger partial charge >= 0.3 is 0 Å². The molecule has 0 radical (unpaired) electrons. The van der Waals surface area contributed by atoms with Crippen molar-refractivity contribution in [2.45, 2.75) is 12.1 Å². The van der Waals surface area contributed by atoms with E-state index in [1.807, 2.05) is 31.2 Å². The Labute approximate surface area is 196 Å². The third kappa shape index (κ3) is 5.32. The van der Waals surface area contributed by atoms with Crippen LogP contribution in [0.2, 0.25) is 0 Å². The van der Waals surface area contributed by atoms with Crippen molar-refractivity contribution in [2.24, 2.45) is 5.10 Å². The predicted molar refractivity (Wildman–Crippen MR) is 127 cm³/mol. The van der Waals surface area contributed by atoms with Gasteiger partial charge in [-0.3, -0.25) is 4.79 Å². The number of amides is 1. The summed E-state index contributed by atoms with van der Waals surface area (Å²) in [4.78, 5) is 12.3. The molecule has 0 bridgehead atoms. The molecular formula is C20H20BrN7O3S. The number of nitrogens with two attached hydrogens (primary N) is 1. The highest BCUT2D eigenvalue weighted by molar-refractivity contribution is 9.10. The summed E-state index contributed by atoms with van der Waals surface area (Å²) in [5, 5.41) is 15.5. The number of halogens is 1. The molecule has 0 aliphatic carbocycles. The van der Waals surface area contributed by atoms with Crippen LogP contribution in [0, 0.1) is 0 Å². The molecule has 10 nitrogen and oxygen atoms in total. The van der Waals surface area contributed by atoms with Crippen molar-refractivity contribution in [1.29, 1.82) is 0 Å². The molecule has 3 aromatic rings. The number of nitrogen functional groups attached to an aromatic ring is 1. The van der Waals surface area contributed by atoms with E-state index < -0.39 is 0 Å². The zero-order valence-electron chi connectivity index (χ0n) is 17.0. The first-order valence-electron chi connectivity index (χ1n) is 9.58. The zero-order valence-corrected chi connectivity index (χ0v) is 19.4. The number of fused-ring (bicyclic) bond motifs is 1. The molecular weight excluding hydrogens is 498 g/mol. The van der Waals surface area contributed by atoms with E-state index in [-0.39, 0.29) is 17.6 Å². The molecule has 1 amide bonds. The highest BCUT2D eigenvalue weighted by Crippen LogP contribution is 2.32. The van der Waals surface area contributed by atoms with Gasteiger partial charge in [0.05, 0.1) is 11.5 Å². The lowest BCUT2D eigenvalue weighted by molar-refractivity contribution is -0.113. The van der Waals surface area contributed by atoms with E-state index in [0.29, 0.717) is 35.6 Å². The van der Waals surface area contributed by atoms with Gasteiger partial charge in [0.15, 0.2) is 11.5 Å². The topological polar surface area (TPSA) is 129 Å². The number of ether oxygens (including phenoxy) is 2. The summed E-state index contributed by atoms with van der Waals surface area (Å²) in [6.45, 7) is 2.86. The smallest absolute Gasteiger partial charge is 0.264 e. The van der Waals surface area contributed by atoms with Gasteiger partial charge in [-0.25, -0.2) is 10.1 Å². The number of benzene rings is 2. The molecule has 0 saturated heterocycles. The molecule has 0 spiro atoms. The monoisotopic (exact) mass is 517 g/mol. The molecule has 32 heavy (non-hydrogen) atoms. The lowest BCUT2D eigenvalue weighted by atomic mass is 10.1. The second kappa shape index (κ2) is 9.92. The van der Waals surface area contributed by atoms with Gasteiger partial charge in [0.1, 0.15) is 13.2 Å². The summed E-state index contributed by atoms with van der Waals surface area (Å²) >= 11 is 4.56. The number of carbonyl (C=O) groups excluding carboxylic acids is 1. The van der Waals surface area contributed by atoms with Gasteiger partial charge in [0.25, 0.3) is 5.95 Å². The minimum absolute atomic E-state index is 0.102. The van der Waals surface area contributed by atoms with Gasteiger partial charge in [-0.15, -0.1) is 10.2 Å². The van der Waals surface area contributed by atoms with E-state index in [1.165, 1.54) is 4.68 Å². The summed E-state index contributed by atoms with van der Waals surface area (Å²) < 4.78 is 13.2. The summed E-state index contributed by atoms with van der Waals surface area (Å²) in [5.74, 6) is 7.46. The molecule has 2 heterocycles. The van der Waals surface area contributed by atoms with E-state index in [9.17, 15) is 4.79 Å². The molecule has 12 heteroatoms. The van der Waals surface area contributed by atoms with Crippen LogP contribution in [0.15, 0.2) is 57.2 Å². The Morgan fingerprint density at radius 3 is 2.72 bits per heavy atom. The third-order valence-electron chi connectivity index (χ3n) is 4.41. The predicted octanol–water partition coefficient (Wildman–Crippen LogP) is 3.09. The average Bonchev–Trinajstić information content (AvgIpc) is 3.15. The maximum absolute atomic E-state index is 12.3. The number of hydrogen-bond donors (Lipinski definition) is 3. The Balaban J connectivity index is 1.32. The third-order valence-corrected chi connectivity index (χ3v) is 5.88. The second-order valence-corrected chi connectivity index (χ2v) is 8.55. The zero-order chi connectivity index (χ0) is 22.5. The number of anilines is 2. The molecule has 0 atom stereocenters. The molecule has 1 aliphatic rings. The lowest BCUT2D eigenvalue weighted by Gasteiger charge is -2.18. The fourth-order valence-corrected chi connectivity index (χ4v) is 3.71. The molecule has 166 valence electrons. The standard InChI is InChI=1S/C20H20BrN7O3S/c1-12(13-2-4-14(21)5-3-13)24-25-19-26-27-20(28(19)22)32-11-18(29)23-15-6-7-16-17(10-15)31-9-8-30-16/h2-7,10H,8-9,11,22H2,1H3,(H,23,29)(H,25,26)/b24-12+.